The van der Waals surface area contributed by atoms with E-state index in [-0.39, 0.29) is 16.8 Å². The van der Waals surface area contributed by atoms with Gasteiger partial charge in [0.2, 0.25) is 5.95 Å². The van der Waals surface area contributed by atoms with Crippen LogP contribution in [0.4, 0.5) is 11.6 Å². The zero-order valence-corrected chi connectivity index (χ0v) is 20.1. The quantitative estimate of drug-likeness (QED) is 0.331. The van der Waals surface area contributed by atoms with Crippen molar-refractivity contribution in [3.8, 4) is 5.75 Å². The predicted octanol–water partition coefficient (Wildman–Crippen LogP) is 4.87. The Balaban J connectivity index is 1.35. The van der Waals surface area contributed by atoms with E-state index in [4.69, 9.17) is 4.74 Å². The molecule has 10 heteroatoms. The summed E-state index contributed by atoms with van der Waals surface area (Å²) in [6.45, 7) is 0.364. The summed E-state index contributed by atoms with van der Waals surface area (Å²) in [6.07, 6.45) is 2.87. The Bertz CT molecular complexity index is 1380. The molecule has 0 saturated carbocycles. The molecule has 8 nitrogen and oxygen atoms in total. The van der Waals surface area contributed by atoms with E-state index in [9.17, 15) is 13.2 Å². The van der Waals surface area contributed by atoms with Gasteiger partial charge in [-0.1, -0.05) is 24.3 Å². The molecule has 3 aromatic carbocycles. The van der Waals surface area contributed by atoms with Gasteiger partial charge in [-0.2, -0.15) is 0 Å². The summed E-state index contributed by atoms with van der Waals surface area (Å²) in [4.78, 5) is 20.3. The Morgan fingerprint density at radius 2 is 1.56 bits per heavy atom. The number of hydrogen-bond acceptors (Lipinski definition) is 6. The maximum absolute atomic E-state index is 12.6. The van der Waals surface area contributed by atoms with Crippen molar-refractivity contribution >= 4 is 43.5 Å². The number of sulfonamides is 1. The van der Waals surface area contributed by atoms with Gasteiger partial charge in [0.25, 0.3) is 15.9 Å². The van der Waals surface area contributed by atoms with Gasteiger partial charge in [-0.3, -0.25) is 4.79 Å². The van der Waals surface area contributed by atoms with Crippen molar-refractivity contribution in [1.29, 1.82) is 0 Å². The fraction of sp³-hybridized carbons (Fsp3) is 0.0417. The first-order valence-electron chi connectivity index (χ1n) is 10.1. The Hall–Kier alpha value is -3.76. The van der Waals surface area contributed by atoms with E-state index in [0.717, 1.165) is 15.8 Å². The number of amides is 1. The zero-order valence-electron chi connectivity index (χ0n) is 17.7. The van der Waals surface area contributed by atoms with Crippen LogP contribution in [0.1, 0.15) is 15.9 Å². The molecule has 0 aliphatic carbocycles. The lowest BCUT2D eigenvalue weighted by Gasteiger charge is -2.10. The Kier molecular flexibility index (Phi) is 7.19. The van der Waals surface area contributed by atoms with Gasteiger partial charge in [-0.25, -0.2) is 23.1 Å². The van der Waals surface area contributed by atoms with Crippen molar-refractivity contribution in [3.05, 3.63) is 107 Å². The molecule has 0 saturated heterocycles. The summed E-state index contributed by atoms with van der Waals surface area (Å²) in [5, 5.41) is 2.76. The van der Waals surface area contributed by atoms with E-state index in [1.165, 1.54) is 36.7 Å². The van der Waals surface area contributed by atoms with Crippen LogP contribution in [0.3, 0.4) is 0 Å². The fourth-order valence-corrected chi connectivity index (χ4v) is 4.28. The molecule has 4 aromatic rings. The van der Waals surface area contributed by atoms with Gasteiger partial charge in [0.15, 0.2) is 0 Å². The highest BCUT2D eigenvalue weighted by molar-refractivity contribution is 9.10. The van der Waals surface area contributed by atoms with Crippen LogP contribution in [0.5, 0.6) is 5.75 Å². The highest BCUT2D eigenvalue weighted by atomic mass is 79.9. The number of ether oxygens (including phenoxy) is 1. The van der Waals surface area contributed by atoms with E-state index in [0.29, 0.717) is 17.9 Å². The standard InChI is InChI=1S/C24H19BrN4O4S/c25-21-4-1-2-5-22(21)33-16-17-6-8-18(9-7-17)23(30)28-19-10-12-20(13-11-19)34(31,32)29-24-26-14-3-15-27-24/h1-15H,16H2,(H,28,30)(H,26,27,29). The number of benzene rings is 3. The molecule has 0 aliphatic heterocycles. The van der Waals surface area contributed by atoms with E-state index in [2.05, 4.69) is 35.9 Å². The van der Waals surface area contributed by atoms with Crippen molar-refractivity contribution < 1.29 is 17.9 Å². The van der Waals surface area contributed by atoms with Crippen molar-refractivity contribution in [3.63, 3.8) is 0 Å². The largest absolute Gasteiger partial charge is 0.488 e. The minimum atomic E-state index is -3.85. The summed E-state index contributed by atoms with van der Waals surface area (Å²) < 4.78 is 33.9. The van der Waals surface area contributed by atoms with Crippen LogP contribution < -0.4 is 14.8 Å². The van der Waals surface area contributed by atoms with Gasteiger partial charge in [0.05, 0.1) is 9.37 Å². The highest BCUT2D eigenvalue weighted by Gasteiger charge is 2.16. The molecule has 0 unspecified atom stereocenters. The summed E-state index contributed by atoms with van der Waals surface area (Å²) in [6, 6.07) is 22.0. The molecule has 0 fully saturated rings. The number of hydrogen-bond donors (Lipinski definition) is 2. The number of anilines is 2. The van der Waals surface area contributed by atoms with Crippen LogP contribution in [0.25, 0.3) is 0 Å². The summed E-state index contributed by atoms with van der Waals surface area (Å²) in [5.74, 6) is 0.399. The highest BCUT2D eigenvalue weighted by Crippen LogP contribution is 2.25. The second-order valence-electron chi connectivity index (χ2n) is 7.07. The van der Waals surface area contributed by atoms with Crippen molar-refractivity contribution in [1.82, 2.24) is 9.97 Å². The average Bonchev–Trinajstić information content (AvgIpc) is 2.84. The van der Waals surface area contributed by atoms with E-state index in [1.807, 2.05) is 36.4 Å². The third-order valence-corrected chi connectivity index (χ3v) is 6.66. The molecule has 1 aromatic heterocycles. The smallest absolute Gasteiger partial charge is 0.264 e. The number of carbonyl (C=O) groups is 1. The molecule has 0 radical (unpaired) electrons. The SMILES string of the molecule is O=C(Nc1ccc(S(=O)(=O)Nc2ncccn2)cc1)c1ccc(COc2ccccc2Br)cc1. The Labute approximate surface area is 205 Å². The molecule has 0 spiro atoms. The van der Waals surface area contributed by atoms with Gasteiger partial charge < -0.3 is 10.1 Å². The summed E-state index contributed by atoms with van der Waals surface area (Å²) in [7, 11) is -3.85. The second-order valence-corrected chi connectivity index (χ2v) is 9.61. The molecule has 2 N–H and O–H groups in total. The first kappa shape index (κ1) is 23.4. The van der Waals surface area contributed by atoms with Gasteiger partial charge >= 0.3 is 0 Å². The summed E-state index contributed by atoms with van der Waals surface area (Å²) >= 11 is 3.44. The third kappa shape index (κ3) is 5.97. The first-order valence-corrected chi connectivity index (χ1v) is 12.4. The monoisotopic (exact) mass is 538 g/mol. The Morgan fingerprint density at radius 3 is 2.24 bits per heavy atom. The van der Waals surface area contributed by atoms with Crippen molar-refractivity contribution in [2.75, 3.05) is 10.0 Å². The molecule has 4 rings (SSSR count). The number of carbonyl (C=O) groups excluding carboxylic acids is 1. The zero-order chi connectivity index (χ0) is 24.0. The average molecular weight is 539 g/mol. The molecule has 172 valence electrons. The van der Waals surface area contributed by atoms with Crippen LogP contribution in [-0.2, 0) is 16.6 Å². The molecule has 1 amide bonds. The van der Waals surface area contributed by atoms with Gasteiger partial charge in [0.1, 0.15) is 12.4 Å². The fourth-order valence-electron chi connectivity index (χ4n) is 2.93. The lowest BCUT2D eigenvalue weighted by molar-refractivity contribution is 0.102. The predicted molar refractivity (Wildman–Crippen MR) is 132 cm³/mol. The minimum absolute atomic E-state index is 0.0207. The van der Waals surface area contributed by atoms with Gasteiger partial charge in [-0.15, -0.1) is 0 Å². The maximum Gasteiger partial charge on any atom is 0.264 e. The third-order valence-electron chi connectivity index (χ3n) is 4.66. The number of halogens is 1. The number of aromatic nitrogens is 2. The van der Waals surface area contributed by atoms with Crippen LogP contribution in [0.2, 0.25) is 0 Å². The maximum atomic E-state index is 12.6. The van der Waals surface area contributed by atoms with Crippen molar-refractivity contribution in [2.24, 2.45) is 0 Å². The number of para-hydroxylation sites is 1. The molecular weight excluding hydrogens is 520 g/mol. The number of nitrogens with one attached hydrogen (secondary N) is 2. The second kappa shape index (κ2) is 10.4. The van der Waals surface area contributed by atoms with Crippen LogP contribution in [-0.4, -0.2) is 24.3 Å². The Morgan fingerprint density at radius 1 is 0.882 bits per heavy atom. The number of rotatable bonds is 8. The van der Waals surface area contributed by atoms with E-state index < -0.39 is 10.0 Å². The van der Waals surface area contributed by atoms with Gasteiger partial charge in [-0.05, 0) is 76.1 Å². The van der Waals surface area contributed by atoms with E-state index >= 15 is 0 Å². The number of nitrogens with zero attached hydrogens (tertiary/aromatic N) is 2. The first-order chi connectivity index (χ1) is 16.4. The lowest BCUT2D eigenvalue weighted by atomic mass is 10.1. The molecule has 34 heavy (non-hydrogen) atoms. The normalized spacial score (nSPS) is 11.0. The lowest BCUT2D eigenvalue weighted by Crippen LogP contribution is -2.15. The van der Waals surface area contributed by atoms with E-state index in [1.54, 1.807) is 18.2 Å². The topological polar surface area (TPSA) is 110 Å². The molecular formula is C24H19BrN4O4S. The van der Waals surface area contributed by atoms with Crippen LogP contribution >= 0.6 is 15.9 Å². The summed E-state index contributed by atoms with van der Waals surface area (Å²) in [5.41, 5.74) is 1.84. The van der Waals surface area contributed by atoms with Crippen molar-refractivity contribution in [2.45, 2.75) is 11.5 Å². The molecule has 0 atom stereocenters. The molecule has 0 bridgehead atoms. The minimum Gasteiger partial charge on any atom is -0.488 e. The van der Waals surface area contributed by atoms with Gasteiger partial charge in [0, 0.05) is 23.6 Å². The van der Waals surface area contributed by atoms with Crippen LogP contribution in [0.15, 0.2) is 101 Å². The molecule has 1 heterocycles. The van der Waals surface area contributed by atoms with Crippen LogP contribution in [0, 0.1) is 0 Å². The molecule has 0 aliphatic rings.